The molecule has 0 aliphatic carbocycles. The Balaban J connectivity index is 2.12. The number of nitrogens with one attached hydrogen (secondary N) is 1. The molecule has 1 atom stereocenters. The van der Waals surface area contributed by atoms with Crippen LogP contribution in [0.5, 0.6) is 0 Å². The fourth-order valence-electron chi connectivity index (χ4n) is 2.41. The van der Waals surface area contributed by atoms with Gasteiger partial charge in [-0.2, -0.15) is 5.10 Å². The Morgan fingerprint density at radius 3 is 2.70 bits per heavy atom. The van der Waals surface area contributed by atoms with E-state index in [0.717, 1.165) is 30.4 Å². The molecule has 0 saturated heterocycles. The maximum Gasteiger partial charge on any atom is 0.0695 e. The molecule has 0 amide bonds. The molecule has 0 saturated carbocycles. The van der Waals surface area contributed by atoms with Crippen molar-refractivity contribution < 1.29 is 0 Å². The second kappa shape index (κ2) is 7.55. The van der Waals surface area contributed by atoms with Crippen molar-refractivity contribution in [2.45, 2.75) is 39.3 Å². The average molecular weight is 337 g/mol. The number of hydrogen-bond acceptors (Lipinski definition) is 3. The fraction of sp³-hybridized carbons (Fsp3) is 0.467. The molecule has 4 nitrogen and oxygen atoms in total. The van der Waals surface area contributed by atoms with E-state index in [0.29, 0.717) is 6.04 Å². The third-order valence-electron chi connectivity index (χ3n) is 3.38. The van der Waals surface area contributed by atoms with Gasteiger partial charge in [-0.25, -0.2) is 0 Å². The highest BCUT2D eigenvalue weighted by Crippen LogP contribution is 2.26. The largest absolute Gasteiger partial charge is 0.309 e. The first-order chi connectivity index (χ1) is 9.76. The summed E-state index contributed by atoms with van der Waals surface area (Å²) >= 11 is 3.62. The molecule has 108 valence electrons. The Morgan fingerprint density at radius 2 is 2.05 bits per heavy atom. The molecule has 0 fully saturated rings. The predicted octanol–water partition coefficient (Wildman–Crippen LogP) is 3.34. The van der Waals surface area contributed by atoms with Crippen LogP contribution >= 0.6 is 15.9 Å². The van der Waals surface area contributed by atoms with Gasteiger partial charge in [-0.15, -0.1) is 0 Å². The Kier molecular flexibility index (Phi) is 5.73. The highest BCUT2D eigenvalue weighted by atomic mass is 79.9. The maximum absolute atomic E-state index is 4.41. The molecule has 2 aromatic rings. The summed E-state index contributed by atoms with van der Waals surface area (Å²) in [5.41, 5.74) is 2.56. The van der Waals surface area contributed by atoms with Crippen LogP contribution in [0.15, 0.2) is 35.2 Å². The lowest BCUT2D eigenvalue weighted by Crippen LogP contribution is -2.24. The Labute approximate surface area is 128 Å². The minimum absolute atomic E-state index is 0.310. The lowest BCUT2D eigenvalue weighted by atomic mass is 10.0. The second-order valence-electron chi connectivity index (χ2n) is 4.70. The predicted molar refractivity (Wildman–Crippen MR) is 84.6 cm³/mol. The highest BCUT2D eigenvalue weighted by Gasteiger charge is 2.18. The van der Waals surface area contributed by atoms with Crippen LogP contribution in [0.4, 0.5) is 0 Å². The van der Waals surface area contributed by atoms with E-state index in [4.69, 9.17) is 0 Å². The number of aryl methyl sites for hydroxylation is 2. The summed E-state index contributed by atoms with van der Waals surface area (Å²) in [6, 6.07) is 4.47. The molecule has 0 radical (unpaired) electrons. The van der Waals surface area contributed by atoms with E-state index >= 15 is 0 Å². The van der Waals surface area contributed by atoms with Gasteiger partial charge in [0.2, 0.25) is 0 Å². The average Bonchev–Trinajstić information content (AvgIpc) is 2.85. The second-order valence-corrected chi connectivity index (χ2v) is 5.55. The van der Waals surface area contributed by atoms with Crippen molar-refractivity contribution in [2.75, 3.05) is 6.54 Å². The summed E-state index contributed by atoms with van der Waals surface area (Å²) in [6.07, 6.45) is 7.66. The molecule has 0 aliphatic rings. The molecule has 0 spiro atoms. The highest BCUT2D eigenvalue weighted by molar-refractivity contribution is 9.10. The summed E-state index contributed by atoms with van der Waals surface area (Å²) in [5, 5.41) is 7.98. The third kappa shape index (κ3) is 3.67. The molecule has 20 heavy (non-hydrogen) atoms. The molecule has 1 unspecified atom stereocenters. The number of nitrogens with zero attached hydrogens (tertiary/aromatic N) is 3. The Hall–Kier alpha value is -1.20. The first-order valence-electron chi connectivity index (χ1n) is 7.09. The van der Waals surface area contributed by atoms with E-state index in [1.807, 2.05) is 18.6 Å². The number of aromatic nitrogens is 3. The van der Waals surface area contributed by atoms with Crippen molar-refractivity contribution in [1.82, 2.24) is 20.1 Å². The zero-order chi connectivity index (χ0) is 14.4. The Bertz CT molecular complexity index is 524. The van der Waals surface area contributed by atoms with E-state index in [2.05, 4.69) is 62.0 Å². The molecule has 1 N–H and O–H groups in total. The molecule has 2 rings (SSSR count). The van der Waals surface area contributed by atoms with Gasteiger partial charge >= 0.3 is 0 Å². The van der Waals surface area contributed by atoms with Crippen molar-refractivity contribution in [1.29, 1.82) is 0 Å². The zero-order valence-corrected chi connectivity index (χ0v) is 13.6. The minimum Gasteiger partial charge on any atom is -0.309 e. The molecule has 5 heteroatoms. The summed E-state index contributed by atoms with van der Waals surface area (Å²) in [7, 11) is 0. The zero-order valence-electron chi connectivity index (χ0n) is 12.0. The van der Waals surface area contributed by atoms with Gasteiger partial charge < -0.3 is 5.32 Å². The summed E-state index contributed by atoms with van der Waals surface area (Å²) in [6.45, 7) is 6.09. The van der Waals surface area contributed by atoms with Gasteiger partial charge in [0, 0.05) is 18.9 Å². The molecular weight excluding hydrogens is 316 g/mol. The standard InChI is InChI=1S/C15H21BrN4/c1-3-18-14(6-5-12-7-9-17-10-8-12)15-13(16)11-19-20(15)4-2/h7-11,14,18H,3-6H2,1-2H3. The van der Waals surface area contributed by atoms with Crippen molar-refractivity contribution in [3.8, 4) is 0 Å². The molecular formula is C15H21BrN4. The van der Waals surface area contributed by atoms with Gasteiger partial charge in [-0.3, -0.25) is 9.67 Å². The van der Waals surface area contributed by atoms with Gasteiger partial charge in [-0.05, 0) is 59.9 Å². The van der Waals surface area contributed by atoms with Gasteiger partial charge in [0.05, 0.1) is 22.4 Å². The molecule has 2 aromatic heterocycles. The summed E-state index contributed by atoms with van der Waals surface area (Å²) in [5.74, 6) is 0. The summed E-state index contributed by atoms with van der Waals surface area (Å²) < 4.78 is 3.14. The van der Waals surface area contributed by atoms with Gasteiger partial charge in [0.25, 0.3) is 0 Å². The first-order valence-corrected chi connectivity index (χ1v) is 7.89. The van der Waals surface area contributed by atoms with Crippen LogP contribution in [-0.2, 0) is 13.0 Å². The van der Waals surface area contributed by atoms with Crippen molar-refractivity contribution in [3.05, 3.63) is 46.5 Å². The van der Waals surface area contributed by atoms with Gasteiger partial charge in [-0.1, -0.05) is 6.92 Å². The van der Waals surface area contributed by atoms with E-state index in [-0.39, 0.29) is 0 Å². The maximum atomic E-state index is 4.41. The monoisotopic (exact) mass is 336 g/mol. The van der Waals surface area contributed by atoms with Crippen molar-refractivity contribution >= 4 is 15.9 Å². The normalized spacial score (nSPS) is 12.6. The number of hydrogen-bond donors (Lipinski definition) is 1. The molecule has 2 heterocycles. The molecule has 0 aromatic carbocycles. The van der Waals surface area contributed by atoms with Crippen molar-refractivity contribution in [2.24, 2.45) is 0 Å². The van der Waals surface area contributed by atoms with Crippen LogP contribution in [-0.4, -0.2) is 21.3 Å². The molecule has 0 aliphatic heterocycles. The van der Waals surface area contributed by atoms with E-state index < -0.39 is 0 Å². The molecule has 0 bridgehead atoms. The Morgan fingerprint density at radius 1 is 1.30 bits per heavy atom. The van der Waals surface area contributed by atoms with Gasteiger partial charge in [0.1, 0.15) is 0 Å². The van der Waals surface area contributed by atoms with E-state index in [9.17, 15) is 0 Å². The van der Waals surface area contributed by atoms with Crippen molar-refractivity contribution in [3.63, 3.8) is 0 Å². The van der Waals surface area contributed by atoms with Crippen LogP contribution < -0.4 is 5.32 Å². The van der Waals surface area contributed by atoms with E-state index in [1.54, 1.807) is 0 Å². The SMILES string of the molecule is CCNC(CCc1ccncc1)c1c(Br)cnn1CC. The lowest BCUT2D eigenvalue weighted by Gasteiger charge is -2.20. The first kappa shape index (κ1) is 15.2. The topological polar surface area (TPSA) is 42.7 Å². The number of halogens is 1. The fourth-order valence-corrected chi connectivity index (χ4v) is 2.99. The van der Waals surface area contributed by atoms with Crippen LogP contribution in [0.25, 0.3) is 0 Å². The van der Waals surface area contributed by atoms with Crippen LogP contribution in [0.3, 0.4) is 0 Å². The third-order valence-corrected chi connectivity index (χ3v) is 4.00. The van der Waals surface area contributed by atoms with Gasteiger partial charge in [0.15, 0.2) is 0 Å². The van der Waals surface area contributed by atoms with E-state index in [1.165, 1.54) is 11.3 Å². The lowest BCUT2D eigenvalue weighted by molar-refractivity contribution is 0.465. The quantitative estimate of drug-likeness (QED) is 0.843. The summed E-state index contributed by atoms with van der Waals surface area (Å²) in [4.78, 5) is 4.06. The van der Waals surface area contributed by atoms with Crippen LogP contribution in [0, 0.1) is 0 Å². The smallest absolute Gasteiger partial charge is 0.0695 e. The number of pyridine rings is 1. The van der Waals surface area contributed by atoms with Crippen LogP contribution in [0.1, 0.15) is 37.6 Å². The minimum atomic E-state index is 0.310. The number of rotatable bonds is 7. The van der Waals surface area contributed by atoms with Crippen LogP contribution in [0.2, 0.25) is 0 Å².